The molecule has 2 aromatic carbocycles. The first-order valence-corrected chi connectivity index (χ1v) is 11.2. The molecule has 4 rings (SSSR count). The summed E-state index contributed by atoms with van der Waals surface area (Å²) in [5, 5.41) is 2.65. The summed E-state index contributed by atoms with van der Waals surface area (Å²) < 4.78 is 23.0. The number of hydrogen-bond acceptors (Lipinski definition) is 5. The molecule has 1 N–H and O–H groups in total. The van der Waals surface area contributed by atoms with Crippen LogP contribution < -0.4 is 5.32 Å². The molecule has 0 bridgehead atoms. The minimum absolute atomic E-state index is 0.0626. The number of hydrogen-bond donors (Lipinski definition) is 1. The lowest BCUT2D eigenvalue weighted by Gasteiger charge is -2.29. The molecule has 1 fully saturated rings. The second kappa shape index (κ2) is 7.11. The number of carbonyl (C=O) groups excluding carboxylic acids is 3. The largest absolute Gasteiger partial charge is 0.341 e. The first-order chi connectivity index (χ1) is 13.8. The number of ketones is 1. The predicted molar refractivity (Wildman–Crippen MR) is 107 cm³/mol. The molecule has 150 valence electrons. The van der Waals surface area contributed by atoms with E-state index in [-0.39, 0.29) is 36.3 Å². The van der Waals surface area contributed by atoms with Gasteiger partial charge in [-0.05, 0) is 30.2 Å². The average molecular weight is 412 g/mol. The average Bonchev–Trinajstić information content (AvgIpc) is 2.99. The molecule has 2 amide bonds. The van der Waals surface area contributed by atoms with E-state index >= 15 is 0 Å². The maximum absolute atomic E-state index is 12.6. The number of fused-ring (bicyclic) bond motifs is 3. The maximum atomic E-state index is 12.6. The Morgan fingerprint density at radius 2 is 1.59 bits per heavy atom. The van der Waals surface area contributed by atoms with Crippen LogP contribution in [0.3, 0.4) is 0 Å². The molecule has 1 aliphatic carbocycles. The van der Waals surface area contributed by atoms with Gasteiger partial charge in [0.2, 0.25) is 5.91 Å². The Bertz CT molecular complexity index is 1130. The molecule has 7 nitrogen and oxygen atoms in total. The fourth-order valence-electron chi connectivity index (χ4n) is 3.72. The van der Waals surface area contributed by atoms with Crippen LogP contribution >= 0.6 is 0 Å². The topological polar surface area (TPSA) is 101 Å². The van der Waals surface area contributed by atoms with Crippen molar-refractivity contribution in [1.82, 2.24) is 10.2 Å². The van der Waals surface area contributed by atoms with E-state index in [0.29, 0.717) is 16.7 Å². The van der Waals surface area contributed by atoms with E-state index in [9.17, 15) is 22.8 Å². The molecule has 1 aliphatic heterocycles. The van der Waals surface area contributed by atoms with Crippen molar-refractivity contribution in [3.8, 4) is 11.1 Å². The quantitative estimate of drug-likeness (QED) is 0.698. The molecular formula is C21H20N2O5S. The maximum Gasteiger partial charge on any atom is 0.251 e. The van der Waals surface area contributed by atoms with E-state index in [4.69, 9.17) is 0 Å². The number of sulfone groups is 1. The third-order valence-electron chi connectivity index (χ3n) is 5.36. The lowest BCUT2D eigenvalue weighted by molar-refractivity contribution is -0.132. The smallest absolute Gasteiger partial charge is 0.251 e. The minimum atomic E-state index is -3.09. The first kappa shape index (κ1) is 19.3. The van der Waals surface area contributed by atoms with Gasteiger partial charge < -0.3 is 10.2 Å². The van der Waals surface area contributed by atoms with Gasteiger partial charge in [0.05, 0.1) is 11.5 Å². The normalized spacial score (nSPS) is 18.0. The molecule has 0 spiro atoms. The highest BCUT2D eigenvalue weighted by Gasteiger charge is 2.30. The lowest BCUT2D eigenvalue weighted by Crippen LogP contribution is -2.51. The molecule has 0 radical (unpaired) electrons. The van der Waals surface area contributed by atoms with Crippen LogP contribution in [0.2, 0.25) is 0 Å². The zero-order valence-corrected chi connectivity index (χ0v) is 16.7. The number of nitrogens with zero attached hydrogens (tertiary/aromatic N) is 1. The van der Waals surface area contributed by atoms with E-state index in [1.807, 2.05) is 12.1 Å². The Balaban J connectivity index is 1.47. The second-order valence-corrected chi connectivity index (χ2v) is 9.61. The van der Waals surface area contributed by atoms with Gasteiger partial charge in [-0.3, -0.25) is 14.4 Å². The standard InChI is InChI=1S/C21H20N2O5S/c1-13(21(26)23-8-10-29(27,28)11-9-23)22-20(25)14-6-7-16-15-4-2-3-5-17(15)19(24)18(16)12-14/h2-7,12-13H,8-11H2,1H3,(H,22,25). The zero-order valence-electron chi connectivity index (χ0n) is 15.8. The SMILES string of the molecule is CC(NC(=O)c1ccc2c(c1)C(=O)c1ccccc1-2)C(=O)N1CCS(=O)(=O)CC1. The number of carbonyl (C=O) groups is 3. The highest BCUT2D eigenvalue weighted by molar-refractivity contribution is 7.91. The van der Waals surface area contributed by atoms with E-state index in [1.54, 1.807) is 37.3 Å². The summed E-state index contributed by atoms with van der Waals surface area (Å²) in [6, 6.07) is 11.4. The van der Waals surface area contributed by atoms with Gasteiger partial charge in [0, 0.05) is 29.8 Å². The van der Waals surface area contributed by atoms with Crippen LogP contribution in [0.15, 0.2) is 42.5 Å². The fraction of sp³-hybridized carbons (Fsp3) is 0.286. The molecule has 2 aliphatic rings. The van der Waals surface area contributed by atoms with Gasteiger partial charge >= 0.3 is 0 Å². The molecule has 0 aromatic heterocycles. The van der Waals surface area contributed by atoms with E-state index < -0.39 is 21.8 Å². The molecule has 1 heterocycles. The first-order valence-electron chi connectivity index (χ1n) is 9.35. The zero-order chi connectivity index (χ0) is 20.8. The number of nitrogens with one attached hydrogen (secondary N) is 1. The van der Waals surface area contributed by atoms with Crippen LogP contribution in [0, 0.1) is 0 Å². The van der Waals surface area contributed by atoms with Crippen LogP contribution in [-0.4, -0.2) is 61.6 Å². The number of rotatable bonds is 3. The van der Waals surface area contributed by atoms with Crippen molar-refractivity contribution in [1.29, 1.82) is 0 Å². The molecule has 1 atom stereocenters. The van der Waals surface area contributed by atoms with E-state index in [0.717, 1.165) is 11.1 Å². The van der Waals surface area contributed by atoms with Crippen LogP contribution in [0.1, 0.15) is 33.2 Å². The molecule has 2 aromatic rings. The minimum Gasteiger partial charge on any atom is -0.341 e. The van der Waals surface area contributed by atoms with Crippen molar-refractivity contribution in [3.05, 3.63) is 59.2 Å². The Morgan fingerprint density at radius 3 is 2.28 bits per heavy atom. The van der Waals surface area contributed by atoms with Crippen molar-refractivity contribution in [2.45, 2.75) is 13.0 Å². The molecule has 0 saturated carbocycles. The van der Waals surface area contributed by atoms with Crippen LogP contribution in [0.4, 0.5) is 0 Å². The van der Waals surface area contributed by atoms with Gasteiger partial charge in [-0.15, -0.1) is 0 Å². The van der Waals surface area contributed by atoms with Gasteiger partial charge in [-0.2, -0.15) is 0 Å². The van der Waals surface area contributed by atoms with Crippen LogP contribution in [0.5, 0.6) is 0 Å². The summed E-state index contributed by atoms with van der Waals surface area (Å²) in [6.45, 7) is 1.83. The van der Waals surface area contributed by atoms with Crippen molar-refractivity contribution < 1.29 is 22.8 Å². The Morgan fingerprint density at radius 1 is 0.966 bits per heavy atom. The van der Waals surface area contributed by atoms with Crippen molar-refractivity contribution in [3.63, 3.8) is 0 Å². The van der Waals surface area contributed by atoms with Crippen LogP contribution in [-0.2, 0) is 14.6 Å². The van der Waals surface area contributed by atoms with Gasteiger partial charge in [-0.1, -0.05) is 30.3 Å². The van der Waals surface area contributed by atoms with Gasteiger partial charge in [0.15, 0.2) is 15.6 Å². The van der Waals surface area contributed by atoms with Gasteiger partial charge in [0.25, 0.3) is 5.91 Å². The highest BCUT2D eigenvalue weighted by Crippen LogP contribution is 2.36. The number of amides is 2. The number of benzene rings is 2. The Kier molecular flexibility index (Phi) is 4.74. The van der Waals surface area contributed by atoms with Crippen molar-refractivity contribution in [2.24, 2.45) is 0 Å². The third-order valence-corrected chi connectivity index (χ3v) is 6.97. The van der Waals surface area contributed by atoms with Gasteiger partial charge in [-0.25, -0.2) is 8.42 Å². The monoisotopic (exact) mass is 412 g/mol. The van der Waals surface area contributed by atoms with Gasteiger partial charge in [0.1, 0.15) is 6.04 Å². The molecular weight excluding hydrogens is 392 g/mol. The summed E-state index contributed by atoms with van der Waals surface area (Å²) in [5.41, 5.74) is 3.03. The van der Waals surface area contributed by atoms with E-state index in [1.165, 1.54) is 4.90 Å². The molecule has 1 saturated heterocycles. The van der Waals surface area contributed by atoms with Crippen molar-refractivity contribution >= 4 is 27.4 Å². The Hall–Kier alpha value is -3.00. The summed E-state index contributed by atoms with van der Waals surface area (Å²) in [5.74, 6) is -1.02. The predicted octanol–water partition coefficient (Wildman–Crippen LogP) is 1.27. The molecule has 29 heavy (non-hydrogen) atoms. The summed E-state index contributed by atoms with van der Waals surface area (Å²) in [4.78, 5) is 39.2. The summed E-state index contributed by atoms with van der Waals surface area (Å²) in [6.07, 6.45) is 0. The molecule has 8 heteroatoms. The molecule has 1 unspecified atom stereocenters. The lowest BCUT2D eigenvalue weighted by atomic mass is 10.0. The third kappa shape index (κ3) is 3.55. The summed E-state index contributed by atoms with van der Waals surface area (Å²) >= 11 is 0. The summed E-state index contributed by atoms with van der Waals surface area (Å²) in [7, 11) is -3.09. The second-order valence-electron chi connectivity index (χ2n) is 7.31. The van der Waals surface area contributed by atoms with Crippen LogP contribution in [0.25, 0.3) is 11.1 Å². The fourth-order valence-corrected chi connectivity index (χ4v) is 4.92. The van der Waals surface area contributed by atoms with Crippen molar-refractivity contribution in [2.75, 3.05) is 24.6 Å². The highest BCUT2D eigenvalue weighted by atomic mass is 32.2. The van der Waals surface area contributed by atoms with E-state index in [2.05, 4.69) is 5.32 Å². The Labute approximate surface area is 168 Å².